The molecule has 162 valence electrons. The van der Waals surface area contributed by atoms with Crippen LogP contribution in [-0.4, -0.2) is 22.2 Å². The molecule has 2 aromatic heterocycles. The molecule has 2 heterocycles. The number of nitrogens with zero attached hydrogens (tertiary/aromatic N) is 1. The molecule has 4 rings (SSSR count). The molecule has 0 aliphatic carbocycles. The van der Waals surface area contributed by atoms with Gasteiger partial charge >= 0.3 is 6.16 Å². The fraction of sp³-hybridized carbons (Fsp3) is 0.0455. The Bertz CT molecular complexity index is 1310. The first-order valence-corrected chi connectivity index (χ1v) is 10.5. The normalized spacial score (nSPS) is 10.7. The van der Waals surface area contributed by atoms with E-state index in [2.05, 4.69) is 10.3 Å². The number of fused-ring (bicyclic) bond motifs is 1. The summed E-state index contributed by atoms with van der Waals surface area (Å²) in [6, 6.07) is 13.5. The van der Waals surface area contributed by atoms with Gasteiger partial charge in [0.05, 0.1) is 10.9 Å². The molecule has 0 aliphatic rings. The third-order valence-electron chi connectivity index (χ3n) is 4.46. The largest absolute Gasteiger partial charge is 0.511 e. The van der Waals surface area contributed by atoms with E-state index in [9.17, 15) is 9.59 Å². The number of hydrogen-bond donors (Lipinski definition) is 3. The highest BCUT2D eigenvalue weighted by Crippen LogP contribution is 2.37. The molecule has 0 spiro atoms. The van der Waals surface area contributed by atoms with Crippen LogP contribution in [0.1, 0.15) is 15.9 Å². The standard InChI is InChI=1S/C22H16ClN3O5S/c23-14-6-4-12(5-7-14)21(27)26-15-2-1-3-16(8-15)30-10-13-11-32-19-17(31-22(28)29)9-25-20(24)18(13)19/h1-9,11H,10H2,(H2,24,25)(H,26,27)(H,28,29). The van der Waals surface area contributed by atoms with E-state index < -0.39 is 6.16 Å². The number of carbonyl (C=O) groups is 2. The lowest BCUT2D eigenvalue weighted by Crippen LogP contribution is -2.11. The number of carbonyl (C=O) groups excluding carboxylic acids is 1. The molecule has 0 radical (unpaired) electrons. The highest BCUT2D eigenvalue weighted by atomic mass is 35.5. The highest BCUT2D eigenvalue weighted by molar-refractivity contribution is 7.17. The number of carboxylic acid groups (broad SMARTS) is 1. The number of halogens is 1. The van der Waals surface area contributed by atoms with Crippen LogP contribution in [-0.2, 0) is 6.61 Å². The van der Waals surface area contributed by atoms with Gasteiger partial charge in [0.2, 0.25) is 0 Å². The fourth-order valence-electron chi connectivity index (χ4n) is 3.01. The summed E-state index contributed by atoms with van der Waals surface area (Å²) in [5.41, 5.74) is 7.78. The number of nitrogens with two attached hydrogens (primary N) is 1. The van der Waals surface area contributed by atoms with Gasteiger partial charge in [0.25, 0.3) is 5.91 Å². The number of thiophene rings is 1. The third kappa shape index (κ3) is 4.74. The summed E-state index contributed by atoms with van der Waals surface area (Å²) in [6.07, 6.45) is -0.152. The Labute approximate surface area is 191 Å². The van der Waals surface area contributed by atoms with E-state index in [0.29, 0.717) is 32.1 Å². The smallest absolute Gasteiger partial charge is 0.489 e. The summed E-state index contributed by atoms with van der Waals surface area (Å²) in [5, 5.41) is 14.6. The summed E-state index contributed by atoms with van der Waals surface area (Å²) in [5.74, 6) is 0.626. The van der Waals surface area contributed by atoms with Crippen molar-refractivity contribution < 1.29 is 24.2 Å². The van der Waals surface area contributed by atoms with Gasteiger partial charge in [-0.3, -0.25) is 4.79 Å². The Hall–Kier alpha value is -3.82. The van der Waals surface area contributed by atoms with Crippen LogP contribution in [0.15, 0.2) is 60.1 Å². The number of aromatic nitrogens is 1. The minimum Gasteiger partial charge on any atom is -0.489 e. The summed E-state index contributed by atoms with van der Waals surface area (Å²) in [7, 11) is 0. The van der Waals surface area contributed by atoms with Crippen LogP contribution in [0.25, 0.3) is 10.1 Å². The van der Waals surface area contributed by atoms with E-state index >= 15 is 0 Å². The molecule has 4 N–H and O–H groups in total. The average Bonchev–Trinajstić information content (AvgIpc) is 3.20. The van der Waals surface area contributed by atoms with Gasteiger partial charge < -0.3 is 25.6 Å². The zero-order chi connectivity index (χ0) is 22.7. The molecule has 0 bridgehead atoms. The molecule has 0 aliphatic heterocycles. The van der Waals surface area contributed by atoms with Gasteiger partial charge in [0, 0.05) is 33.3 Å². The van der Waals surface area contributed by atoms with Gasteiger partial charge in [-0.2, -0.15) is 0 Å². The Morgan fingerprint density at radius 3 is 2.72 bits per heavy atom. The molecule has 0 saturated heterocycles. The Morgan fingerprint density at radius 1 is 1.19 bits per heavy atom. The van der Waals surface area contributed by atoms with Crippen LogP contribution in [0.3, 0.4) is 0 Å². The van der Waals surface area contributed by atoms with Crippen LogP contribution in [0.4, 0.5) is 16.3 Å². The lowest BCUT2D eigenvalue weighted by Gasteiger charge is -2.10. The molecule has 1 amide bonds. The number of pyridine rings is 1. The van der Waals surface area contributed by atoms with Crippen LogP contribution in [0, 0.1) is 0 Å². The van der Waals surface area contributed by atoms with Crippen molar-refractivity contribution in [2.75, 3.05) is 11.1 Å². The second-order valence-electron chi connectivity index (χ2n) is 6.62. The van der Waals surface area contributed by atoms with Crippen molar-refractivity contribution in [2.24, 2.45) is 0 Å². The van der Waals surface area contributed by atoms with E-state index in [4.69, 9.17) is 31.9 Å². The predicted molar refractivity (Wildman–Crippen MR) is 123 cm³/mol. The summed E-state index contributed by atoms with van der Waals surface area (Å²) in [6.45, 7) is 0.164. The van der Waals surface area contributed by atoms with Crippen molar-refractivity contribution in [2.45, 2.75) is 6.61 Å². The molecule has 2 aromatic carbocycles. The van der Waals surface area contributed by atoms with Gasteiger partial charge in [-0.15, -0.1) is 11.3 Å². The monoisotopic (exact) mass is 469 g/mol. The summed E-state index contributed by atoms with van der Waals surface area (Å²) < 4.78 is 11.2. The quantitative estimate of drug-likeness (QED) is 0.322. The van der Waals surface area contributed by atoms with Crippen molar-refractivity contribution in [1.82, 2.24) is 4.98 Å². The number of nitrogen functional groups attached to an aromatic ring is 1. The number of anilines is 2. The minimum absolute atomic E-state index is 0.116. The lowest BCUT2D eigenvalue weighted by atomic mass is 10.2. The van der Waals surface area contributed by atoms with Crippen molar-refractivity contribution >= 4 is 56.6 Å². The van der Waals surface area contributed by atoms with Crippen LogP contribution in [0.2, 0.25) is 5.02 Å². The second-order valence-corrected chi connectivity index (χ2v) is 7.93. The molecular formula is C22H16ClN3O5S. The predicted octanol–water partition coefficient (Wildman–Crippen LogP) is 5.42. The van der Waals surface area contributed by atoms with E-state index in [0.717, 1.165) is 5.56 Å². The first kappa shape index (κ1) is 21.4. The second kappa shape index (κ2) is 9.13. The van der Waals surface area contributed by atoms with Crippen molar-refractivity contribution in [3.8, 4) is 11.5 Å². The van der Waals surface area contributed by atoms with Crippen molar-refractivity contribution in [3.05, 3.63) is 76.3 Å². The molecule has 32 heavy (non-hydrogen) atoms. The number of benzene rings is 2. The molecule has 0 fully saturated rings. The number of amides is 1. The number of hydrogen-bond acceptors (Lipinski definition) is 7. The topological polar surface area (TPSA) is 124 Å². The third-order valence-corrected chi connectivity index (χ3v) is 5.75. The maximum absolute atomic E-state index is 12.4. The van der Waals surface area contributed by atoms with E-state index in [-0.39, 0.29) is 24.1 Å². The molecule has 4 aromatic rings. The number of nitrogens with one attached hydrogen (secondary N) is 1. The molecule has 0 atom stereocenters. The summed E-state index contributed by atoms with van der Waals surface area (Å²) >= 11 is 7.15. The van der Waals surface area contributed by atoms with Gasteiger partial charge in [-0.05, 0) is 41.8 Å². The van der Waals surface area contributed by atoms with Crippen LogP contribution >= 0.6 is 22.9 Å². The zero-order valence-electron chi connectivity index (χ0n) is 16.4. The number of ether oxygens (including phenoxy) is 2. The Morgan fingerprint density at radius 2 is 1.97 bits per heavy atom. The van der Waals surface area contributed by atoms with Crippen molar-refractivity contribution in [3.63, 3.8) is 0 Å². The van der Waals surface area contributed by atoms with E-state index in [1.54, 1.807) is 48.5 Å². The van der Waals surface area contributed by atoms with Crippen molar-refractivity contribution in [1.29, 1.82) is 0 Å². The zero-order valence-corrected chi connectivity index (χ0v) is 17.9. The van der Waals surface area contributed by atoms with E-state index in [1.165, 1.54) is 17.5 Å². The van der Waals surface area contributed by atoms with Crippen LogP contribution in [0.5, 0.6) is 11.5 Å². The lowest BCUT2D eigenvalue weighted by molar-refractivity contribution is 0.102. The van der Waals surface area contributed by atoms with Gasteiger partial charge in [-0.1, -0.05) is 17.7 Å². The van der Waals surface area contributed by atoms with Gasteiger partial charge in [-0.25, -0.2) is 9.78 Å². The Balaban J connectivity index is 1.49. The average molecular weight is 470 g/mol. The first-order chi connectivity index (χ1) is 15.4. The SMILES string of the molecule is Nc1ncc(OC(=O)O)c2scc(COc3cccc(NC(=O)c4ccc(Cl)cc4)c3)c12. The van der Waals surface area contributed by atoms with Crippen LogP contribution < -0.4 is 20.5 Å². The fourth-order valence-corrected chi connectivity index (χ4v) is 4.15. The molecular weight excluding hydrogens is 454 g/mol. The van der Waals surface area contributed by atoms with Gasteiger partial charge in [0.1, 0.15) is 18.2 Å². The molecule has 8 nitrogen and oxygen atoms in total. The molecule has 10 heteroatoms. The first-order valence-electron chi connectivity index (χ1n) is 9.26. The maximum Gasteiger partial charge on any atom is 0.511 e. The molecule has 0 unspecified atom stereocenters. The minimum atomic E-state index is -1.43. The Kier molecular flexibility index (Phi) is 6.11. The number of rotatable bonds is 6. The summed E-state index contributed by atoms with van der Waals surface area (Å²) in [4.78, 5) is 27.3. The molecule has 0 saturated carbocycles. The van der Waals surface area contributed by atoms with E-state index in [1.807, 2.05) is 5.38 Å². The van der Waals surface area contributed by atoms with Gasteiger partial charge in [0.15, 0.2) is 5.75 Å². The maximum atomic E-state index is 12.4. The highest BCUT2D eigenvalue weighted by Gasteiger charge is 2.16.